The van der Waals surface area contributed by atoms with Crippen molar-refractivity contribution in [2.75, 3.05) is 31.1 Å². The third-order valence-electron chi connectivity index (χ3n) is 3.91. The van der Waals surface area contributed by atoms with Crippen molar-refractivity contribution in [3.05, 3.63) is 22.9 Å². The molecule has 0 radical (unpaired) electrons. The molecule has 0 saturated carbocycles. The molecule has 3 rings (SSSR count). The van der Waals surface area contributed by atoms with E-state index in [0.717, 1.165) is 37.9 Å². The van der Waals surface area contributed by atoms with Gasteiger partial charge in [-0.3, -0.25) is 19.8 Å². The molecule has 2 saturated heterocycles. The first-order chi connectivity index (χ1) is 11.0. The summed E-state index contributed by atoms with van der Waals surface area (Å²) in [6.07, 6.45) is 3.31. The van der Waals surface area contributed by atoms with Gasteiger partial charge in [-0.1, -0.05) is 0 Å². The maximum atomic E-state index is 11.6. The van der Waals surface area contributed by atoms with Crippen LogP contribution in [0.25, 0.3) is 6.08 Å². The molecule has 1 N–H and O–H groups in total. The number of rotatable bonds is 3. The van der Waals surface area contributed by atoms with Gasteiger partial charge < -0.3 is 4.90 Å². The van der Waals surface area contributed by atoms with E-state index in [0.29, 0.717) is 22.6 Å². The average Bonchev–Trinajstić information content (AvgIpc) is 2.85. The summed E-state index contributed by atoms with van der Waals surface area (Å²) in [5, 5.41) is 1.89. The molecule has 1 aromatic heterocycles. The van der Waals surface area contributed by atoms with Crippen LogP contribution in [0, 0.1) is 0 Å². The summed E-state index contributed by atoms with van der Waals surface area (Å²) in [4.78, 5) is 36.6. The van der Waals surface area contributed by atoms with Gasteiger partial charge in [-0.15, -0.1) is 0 Å². The van der Waals surface area contributed by atoms with E-state index < -0.39 is 0 Å². The lowest BCUT2D eigenvalue weighted by molar-refractivity contribution is -0.115. The van der Waals surface area contributed by atoms with Gasteiger partial charge in [0.05, 0.1) is 10.6 Å². The van der Waals surface area contributed by atoms with E-state index in [1.54, 1.807) is 18.3 Å². The number of hydrogen-bond donors (Lipinski definition) is 1. The summed E-state index contributed by atoms with van der Waals surface area (Å²) in [7, 11) is 0. The van der Waals surface area contributed by atoms with Crippen LogP contribution in [-0.2, 0) is 4.79 Å². The van der Waals surface area contributed by atoms with Gasteiger partial charge in [0, 0.05) is 38.4 Å². The third-order valence-corrected chi connectivity index (χ3v) is 4.72. The summed E-state index contributed by atoms with van der Waals surface area (Å²) in [6, 6.07) is 2.28. The van der Waals surface area contributed by atoms with Crippen LogP contribution in [0.5, 0.6) is 0 Å². The van der Waals surface area contributed by atoms with Crippen molar-refractivity contribution in [2.45, 2.75) is 19.9 Å². The van der Waals surface area contributed by atoms with Gasteiger partial charge in [-0.05, 0) is 37.8 Å². The van der Waals surface area contributed by atoms with Gasteiger partial charge in [-0.2, -0.15) is 0 Å². The SMILES string of the molecule is CC(C)N1CCN(c2nccc(/C=C3/SC(=O)NC3=O)n2)CC1. The topological polar surface area (TPSA) is 78.4 Å². The molecule has 1 aromatic rings. The number of nitrogens with zero attached hydrogens (tertiary/aromatic N) is 4. The van der Waals surface area contributed by atoms with Gasteiger partial charge in [0.1, 0.15) is 0 Å². The van der Waals surface area contributed by atoms with Crippen molar-refractivity contribution in [2.24, 2.45) is 0 Å². The number of amides is 2. The fourth-order valence-electron chi connectivity index (χ4n) is 2.59. The Hall–Kier alpha value is -1.93. The Morgan fingerprint density at radius 3 is 2.61 bits per heavy atom. The van der Waals surface area contributed by atoms with Gasteiger partial charge in [-0.25, -0.2) is 9.97 Å². The smallest absolute Gasteiger partial charge is 0.290 e. The molecule has 8 heteroatoms. The monoisotopic (exact) mass is 333 g/mol. The molecule has 3 heterocycles. The molecule has 2 amide bonds. The van der Waals surface area contributed by atoms with Crippen LogP contribution in [0.4, 0.5) is 10.7 Å². The predicted molar refractivity (Wildman–Crippen MR) is 90.1 cm³/mol. The molecular formula is C15H19N5O2S. The van der Waals surface area contributed by atoms with Crippen molar-refractivity contribution in [1.29, 1.82) is 0 Å². The second-order valence-electron chi connectivity index (χ2n) is 5.75. The zero-order valence-corrected chi connectivity index (χ0v) is 14.0. The molecule has 2 aliphatic heterocycles. The number of carbonyl (C=O) groups excluding carboxylic acids is 2. The van der Waals surface area contributed by atoms with Crippen LogP contribution < -0.4 is 10.2 Å². The Morgan fingerprint density at radius 2 is 2.00 bits per heavy atom. The molecule has 2 aliphatic rings. The average molecular weight is 333 g/mol. The number of aromatic nitrogens is 2. The maximum absolute atomic E-state index is 11.6. The number of hydrogen-bond acceptors (Lipinski definition) is 7. The fraction of sp³-hybridized carbons (Fsp3) is 0.467. The highest BCUT2D eigenvalue weighted by Crippen LogP contribution is 2.25. The van der Waals surface area contributed by atoms with Gasteiger partial charge in [0.2, 0.25) is 5.95 Å². The van der Waals surface area contributed by atoms with Gasteiger partial charge in [0.25, 0.3) is 11.1 Å². The quantitative estimate of drug-likeness (QED) is 0.836. The first-order valence-corrected chi connectivity index (χ1v) is 8.41. The summed E-state index contributed by atoms with van der Waals surface area (Å²) < 4.78 is 0. The second-order valence-corrected chi connectivity index (χ2v) is 6.77. The number of imide groups is 1. The highest BCUT2D eigenvalue weighted by atomic mass is 32.2. The van der Waals surface area contributed by atoms with Crippen molar-refractivity contribution < 1.29 is 9.59 Å². The van der Waals surface area contributed by atoms with Crippen LogP contribution in [0.2, 0.25) is 0 Å². The van der Waals surface area contributed by atoms with Crippen LogP contribution >= 0.6 is 11.8 Å². The Balaban J connectivity index is 1.72. The lowest BCUT2D eigenvalue weighted by Crippen LogP contribution is -2.49. The zero-order chi connectivity index (χ0) is 16.4. The van der Waals surface area contributed by atoms with Crippen LogP contribution in [0.15, 0.2) is 17.2 Å². The number of thioether (sulfide) groups is 1. The van der Waals surface area contributed by atoms with E-state index in [9.17, 15) is 9.59 Å². The summed E-state index contributed by atoms with van der Waals surface area (Å²) in [5.41, 5.74) is 0.633. The number of anilines is 1. The van der Waals surface area contributed by atoms with Crippen LogP contribution in [0.1, 0.15) is 19.5 Å². The summed E-state index contributed by atoms with van der Waals surface area (Å²) in [6.45, 7) is 8.13. The van der Waals surface area contributed by atoms with Crippen molar-refractivity contribution >= 4 is 34.9 Å². The van der Waals surface area contributed by atoms with Crippen molar-refractivity contribution in [3.8, 4) is 0 Å². The van der Waals surface area contributed by atoms with Gasteiger partial charge >= 0.3 is 0 Å². The lowest BCUT2D eigenvalue weighted by Gasteiger charge is -2.36. The maximum Gasteiger partial charge on any atom is 0.290 e. The zero-order valence-electron chi connectivity index (χ0n) is 13.2. The molecule has 0 bridgehead atoms. The highest BCUT2D eigenvalue weighted by molar-refractivity contribution is 8.18. The van der Waals surface area contributed by atoms with Crippen molar-refractivity contribution in [1.82, 2.24) is 20.2 Å². The van der Waals surface area contributed by atoms with E-state index in [4.69, 9.17) is 0 Å². The molecule has 0 atom stereocenters. The molecule has 7 nitrogen and oxygen atoms in total. The molecule has 0 aromatic carbocycles. The molecule has 0 aliphatic carbocycles. The minimum absolute atomic E-state index is 0.347. The molecule has 122 valence electrons. The molecular weight excluding hydrogens is 314 g/mol. The van der Waals surface area contributed by atoms with E-state index >= 15 is 0 Å². The molecule has 2 fully saturated rings. The van der Waals surface area contributed by atoms with Crippen LogP contribution in [0.3, 0.4) is 0 Å². The first kappa shape index (κ1) is 15.9. The molecule has 0 unspecified atom stereocenters. The Labute approximate surface area is 139 Å². The van der Waals surface area contributed by atoms with E-state index in [1.807, 2.05) is 0 Å². The summed E-state index contributed by atoms with van der Waals surface area (Å²) >= 11 is 0.894. The number of piperazine rings is 1. The Bertz CT molecular complexity index is 653. The standard InChI is InChI=1S/C15H19N5O2S/c1-10(2)19-5-7-20(8-6-19)14-16-4-3-11(17-14)9-12-13(21)18-15(22)23-12/h3-4,9-10H,5-8H2,1-2H3,(H,18,21,22)/b12-9+. The minimum Gasteiger partial charge on any atom is -0.338 e. The fourth-order valence-corrected chi connectivity index (χ4v) is 3.26. The second kappa shape index (κ2) is 6.67. The van der Waals surface area contributed by atoms with E-state index in [-0.39, 0.29) is 11.1 Å². The predicted octanol–water partition coefficient (Wildman–Crippen LogP) is 1.33. The lowest BCUT2D eigenvalue weighted by atomic mass is 10.2. The molecule has 23 heavy (non-hydrogen) atoms. The normalized spacial score (nSPS) is 21.3. The molecule has 0 spiro atoms. The highest BCUT2D eigenvalue weighted by Gasteiger charge is 2.25. The number of carbonyl (C=O) groups is 2. The van der Waals surface area contributed by atoms with Gasteiger partial charge in [0.15, 0.2) is 0 Å². The largest absolute Gasteiger partial charge is 0.338 e. The van der Waals surface area contributed by atoms with E-state index in [1.165, 1.54) is 0 Å². The third kappa shape index (κ3) is 3.70. The summed E-state index contributed by atoms with van der Waals surface area (Å²) in [5.74, 6) is 0.295. The minimum atomic E-state index is -0.370. The van der Waals surface area contributed by atoms with Crippen molar-refractivity contribution in [3.63, 3.8) is 0 Å². The van der Waals surface area contributed by atoms with Crippen LogP contribution in [-0.4, -0.2) is 58.2 Å². The van der Waals surface area contributed by atoms with E-state index in [2.05, 4.69) is 38.9 Å². The Kier molecular flexibility index (Phi) is 4.63. The Morgan fingerprint density at radius 1 is 1.26 bits per heavy atom. The first-order valence-electron chi connectivity index (χ1n) is 7.60. The number of nitrogens with one attached hydrogen (secondary N) is 1.